The van der Waals surface area contributed by atoms with Crippen LogP contribution in [-0.4, -0.2) is 59.8 Å². The molecular weight excluding hydrogens is 400 g/mol. The summed E-state index contributed by atoms with van der Waals surface area (Å²) in [5, 5.41) is 8.11. The van der Waals surface area contributed by atoms with E-state index in [4.69, 9.17) is 9.84 Å². The lowest BCUT2D eigenvalue weighted by atomic mass is 10.1. The molecule has 0 saturated carbocycles. The third-order valence-electron chi connectivity index (χ3n) is 5.98. The predicted molar refractivity (Wildman–Crippen MR) is 129 cm³/mol. The van der Waals surface area contributed by atoms with Gasteiger partial charge in [-0.15, -0.1) is 5.10 Å². The second kappa shape index (κ2) is 8.98. The fourth-order valence-electron chi connectivity index (χ4n) is 4.16. The molecule has 1 fully saturated rings. The highest BCUT2D eigenvalue weighted by Crippen LogP contribution is 2.27. The predicted octanol–water partition coefficient (Wildman–Crippen LogP) is 4.04. The normalized spacial score (nSPS) is 14.8. The van der Waals surface area contributed by atoms with Crippen molar-refractivity contribution in [3.8, 4) is 11.3 Å². The minimum absolute atomic E-state index is 0.555. The Labute approximate surface area is 188 Å². The Morgan fingerprint density at radius 2 is 1.72 bits per heavy atom. The number of benzene rings is 2. The standard InChI is InChI=1S/C25H28N6O/c1-29-13-15-30(16-14-29)21-9-7-20(8-10-21)27-25-26-17-22-11-12-24(31(22)28-25)23-6-4-3-5-19(23)18-32-2/h3-12,17H,13-16,18H2,1-2H3,(H,27,28). The summed E-state index contributed by atoms with van der Waals surface area (Å²) in [6, 6.07) is 20.9. The molecule has 32 heavy (non-hydrogen) atoms. The molecule has 5 rings (SSSR count). The van der Waals surface area contributed by atoms with E-state index >= 15 is 0 Å². The Kier molecular flexibility index (Phi) is 5.75. The first-order chi connectivity index (χ1) is 15.7. The second-order valence-corrected chi connectivity index (χ2v) is 8.19. The van der Waals surface area contributed by atoms with Gasteiger partial charge in [-0.25, -0.2) is 9.50 Å². The van der Waals surface area contributed by atoms with Crippen LogP contribution in [0.4, 0.5) is 17.3 Å². The Morgan fingerprint density at radius 1 is 0.938 bits per heavy atom. The van der Waals surface area contributed by atoms with Crippen LogP contribution >= 0.6 is 0 Å². The Hall–Kier alpha value is -3.42. The zero-order valence-corrected chi connectivity index (χ0v) is 18.5. The molecule has 164 valence electrons. The van der Waals surface area contributed by atoms with Crippen molar-refractivity contribution in [1.29, 1.82) is 0 Å². The van der Waals surface area contributed by atoms with E-state index in [9.17, 15) is 0 Å². The summed E-state index contributed by atoms with van der Waals surface area (Å²) in [6.07, 6.45) is 1.84. The molecule has 0 radical (unpaired) electrons. The lowest BCUT2D eigenvalue weighted by molar-refractivity contribution is 0.185. The Morgan fingerprint density at radius 3 is 2.50 bits per heavy atom. The molecule has 7 heteroatoms. The second-order valence-electron chi connectivity index (χ2n) is 8.19. The molecule has 1 N–H and O–H groups in total. The first kappa shape index (κ1) is 20.5. The first-order valence-corrected chi connectivity index (χ1v) is 10.9. The van der Waals surface area contributed by atoms with Crippen LogP contribution in [0.2, 0.25) is 0 Å². The average Bonchev–Trinajstić information content (AvgIpc) is 3.24. The number of hydrogen-bond donors (Lipinski definition) is 1. The SMILES string of the molecule is COCc1ccccc1-c1ccc2cnc(Nc3ccc(N4CCN(C)CC4)cc3)nn12. The van der Waals surface area contributed by atoms with Crippen LogP contribution in [0.5, 0.6) is 0 Å². The third-order valence-corrected chi connectivity index (χ3v) is 5.98. The Bertz CT molecular complexity index is 1190. The lowest BCUT2D eigenvalue weighted by Gasteiger charge is -2.34. The van der Waals surface area contributed by atoms with Gasteiger partial charge in [0.2, 0.25) is 5.95 Å². The van der Waals surface area contributed by atoms with E-state index in [-0.39, 0.29) is 0 Å². The molecule has 0 bridgehead atoms. The maximum absolute atomic E-state index is 5.38. The van der Waals surface area contributed by atoms with Gasteiger partial charge in [-0.2, -0.15) is 0 Å². The first-order valence-electron chi connectivity index (χ1n) is 10.9. The number of aromatic nitrogens is 3. The molecule has 4 aromatic rings. The van der Waals surface area contributed by atoms with Gasteiger partial charge in [0, 0.05) is 50.2 Å². The van der Waals surface area contributed by atoms with Crippen LogP contribution in [-0.2, 0) is 11.3 Å². The van der Waals surface area contributed by atoms with E-state index in [1.807, 2.05) is 28.9 Å². The smallest absolute Gasteiger partial charge is 0.245 e. The van der Waals surface area contributed by atoms with Crippen LogP contribution in [0.25, 0.3) is 16.8 Å². The summed E-state index contributed by atoms with van der Waals surface area (Å²) in [7, 11) is 3.89. The van der Waals surface area contributed by atoms with E-state index in [1.54, 1.807) is 7.11 Å². The van der Waals surface area contributed by atoms with Gasteiger partial charge >= 0.3 is 0 Å². The molecule has 1 saturated heterocycles. The molecular formula is C25H28N6O. The maximum atomic E-state index is 5.38. The fraction of sp³-hybridized carbons (Fsp3) is 0.280. The fourth-order valence-corrected chi connectivity index (χ4v) is 4.16. The quantitative estimate of drug-likeness (QED) is 0.500. The molecule has 1 aliphatic heterocycles. The number of rotatable bonds is 6. The van der Waals surface area contributed by atoms with Crippen LogP contribution in [0.15, 0.2) is 66.9 Å². The number of methoxy groups -OCH3 is 1. The molecule has 0 amide bonds. The van der Waals surface area contributed by atoms with Gasteiger partial charge in [-0.1, -0.05) is 24.3 Å². The van der Waals surface area contributed by atoms with Crippen LogP contribution in [0.3, 0.4) is 0 Å². The van der Waals surface area contributed by atoms with Crippen LogP contribution < -0.4 is 10.2 Å². The molecule has 0 spiro atoms. The minimum atomic E-state index is 0.555. The molecule has 7 nitrogen and oxygen atoms in total. The number of piperazine rings is 1. The van der Waals surface area contributed by atoms with Gasteiger partial charge in [0.05, 0.1) is 24.0 Å². The van der Waals surface area contributed by atoms with Crippen molar-refractivity contribution >= 4 is 22.8 Å². The van der Waals surface area contributed by atoms with Crippen LogP contribution in [0.1, 0.15) is 5.56 Å². The van der Waals surface area contributed by atoms with Crippen molar-refractivity contribution < 1.29 is 4.74 Å². The minimum Gasteiger partial charge on any atom is -0.380 e. The molecule has 0 aliphatic carbocycles. The molecule has 1 aliphatic rings. The van der Waals surface area contributed by atoms with E-state index in [1.165, 1.54) is 5.69 Å². The largest absolute Gasteiger partial charge is 0.380 e. The topological polar surface area (TPSA) is 57.9 Å². The molecule has 2 aromatic heterocycles. The van der Waals surface area contributed by atoms with Crippen molar-refractivity contribution in [2.75, 3.05) is 50.6 Å². The van der Waals surface area contributed by atoms with Gasteiger partial charge in [0.15, 0.2) is 0 Å². The lowest BCUT2D eigenvalue weighted by Crippen LogP contribution is -2.44. The van der Waals surface area contributed by atoms with E-state index in [0.29, 0.717) is 12.6 Å². The highest BCUT2D eigenvalue weighted by Gasteiger charge is 2.14. The molecule has 2 aromatic carbocycles. The Balaban J connectivity index is 1.38. The van der Waals surface area contributed by atoms with E-state index in [2.05, 4.69) is 69.6 Å². The molecule has 0 atom stereocenters. The van der Waals surface area contributed by atoms with Gasteiger partial charge in [0.25, 0.3) is 0 Å². The van der Waals surface area contributed by atoms with E-state index in [0.717, 1.165) is 54.2 Å². The number of hydrogen-bond acceptors (Lipinski definition) is 6. The highest BCUT2D eigenvalue weighted by atomic mass is 16.5. The van der Waals surface area contributed by atoms with Gasteiger partial charge in [-0.3, -0.25) is 0 Å². The van der Waals surface area contributed by atoms with Crippen LogP contribution in [0, 0.1) is 0 Å². The van der Waals surface area contributed by atoms with Crippen molar-refractivity contribution in [3.05, 3.63) is 72.4 Å². The monoisotopic (exact) mass is 428 g/mol. The highest BCUT2D eigenvalue weighted by molar-refractivity contribution is 5.69. The number of ether oxygens (including phenoxy) is 1. The third kappa shape index (κ3) is 4.17. The van der Waals surface area contributed by atoms with Crippen molar-refractivity contribution in [2.45, 2.75) is 6.61 Å². The maximum Gasteiger partial charge on any atom is 0.245 e. The zero-order valence-electron chi connectivity index (χ0n) is 18.5. The summed E-state index contributed by atoms with van der Waals surface area (Å²) >= 11 is 0. The number of anilines is 3. The average molecular weight is 429 g/mol. The van der Waals surface area contributed by atoms with Crippen molar-refractivity contribution in [2.24, 2.45) is 0 Å². The van der Waals surface area contributed by atoms with Gasteiger partial charge < -0.3 is 19.9 Å². The summed E-state index contributed by atoms with van der Waals surface area (Å²) < 4.78 is 7.31. The molecule has 0 unspecified atom stereocenters. The number of fused-ring (bicyclic) bond motifs is 1. The van der Waals surface area contributed by atoms with Crippen molar-refractivity contribution in [1.82, 2.24) is 19.5 Å². The van der Waals surface area contributed by atoms with Gasteiger partial charge in [0.1, 0.15) is 0 Å². The zero-order chi connectivity index (χ0) is 21.9. The summed E-state index contributed by atoms with van der Waals surface area (Å²) in [5.74, 6) is 0.562. The molecule has 3 heterocycles. The van der Waals surface area contributed by atoms with Gasteiger partial charge in [-0.05, 0) is 49.0 Å². The summed E-state index contributed by atoms with van der Waals surface area (Å²) in [5.41, 5.74) is 6.42. The number of nitrogens with zero attached hydrogens (tertiary/aromatic N) is 5. The summed E-state index contributed by atoms with van der Waals surface area (Å²) in [6.45, 7) is 4.87. The number of nitrogens with one attached hydrogen (secondary N) is 1. The number of likely N-dealkylation sites (N-methyl/N-ethyl adjacent to an activating group) is 1. The van der Waals surface area contributed by atoms with E-state index < -0.39 is 0 Å². The van der Waals surface area contributed by atoms with Crippen molar-refractivity contribution in [3.63, 3.8) is 0 Å². The summed E-state index contributed by atoms with van der Waals surface area (Å²) in [4.78, 5) is 9.30.